The minimum absolute atomic E-state index is 0.0601. The van der Waals surface area contributed by atoms with Gasteiger partial charge >= 0.3 is 0 Å². The molecule has 1 saturated heterocycles. The molecule has 176 valence electrons. The van der Waals surface area contributed by atoms with Gasteiger partial charge in [-0.1, -0.05) is 23.7 Å². The van der Waals surface area contributed by atoms with Crippen LogP contribution >= 0.6 is 27.5 Å². The molecule has 12 heteroatoms. The smallest absolute Gasteiger partial charge is 0.172 e. The first-order valence-electron chi connectivity index (χ1n) is 10.9. The van der Waals surface area contributed by atoms with Gasteiger partial charge in [0.15, 0.2) is 5.65 Å². The first kappa shape index (κ1) is 22.0. The van der Waals surface area contributed by atoms with Crippen molar-refractivity contribution < 1.29 is 9.32 Å². The molecule has 2 aliphatic heterocycles. The quantitative estimate of drug-likeness (QED) is 0.388. The molecule has 2 aliphatic rings. The number of phenols is 1. The molecule has 3 atom stereocenters. The van der Waals surface area contributed by atoms with Gasteiger partial charge in [0.25, 0.3) is 0 Å². The van der Waals surface area contributed by atoms with Crippen molar-refractivity contribution in [2.75, 3.05) is 18.4 Å². The number of hydrogen-bond donors (Lipinski definition) is 2. The maximum absolute atomic E-state index is 13.1. The van der Waals surface area contributed by atoms with Crippen LogP contribution < -0.4 is 5.32 Å². The molecule has 0 aliphatic carbocycles. The third-order valence-corrected chi connectivity index (χ3v) is 9.19. The van der Waals surface area contributed by atoms with E-state index in [1.54, 1.807) is 34.6 Å². The number of piperidine rings is 1. The van der Waals surface area contributed by atoms with Gasteiger partial charge in [0.1, 0.15) is 38.3 Å². The van der Waals surface area contributed by atoms with Crippen molar-refractivity contribution in [3.8, 4) is 17.0 Å². The van der Waals surface area contributed by atoms with Crippen molar-refractivity contribution in [2.24, 2.45) is 13.0 Å². The number of aromatic hydroxyl groups is 1. The highest BCUT2D eigenvalue weighted by molar-refractivity contribution is 9.10. The van der Waals surface area contributed by atoms with E-state index in [1.807, 2.05) is 22.5 Å². The van der Waals surface area contributed by atoms with Gasteiger partial charge in [0.2, 0.25) is 0 Å². The van der Waals surface area contributed by atoms with Gasteiger partial charge in [-0.25, -0.2) is 13.5 Å². The van der Waals surface area contributed by atoms with Crippen LogP contribution in [0.4, 0.5) is 5.82 Å². The van der Waals surface area contributed by atoms with Crippen molar-refractivity contribution in [1.82, 2.24) is 28.7 Å². The van der Waals surface area contributed by atoms with Gasteiger partial charge in [-0.05, 0) is 46.8 Å². The molecule has 0 spiro atoms. The normalized spacial score (nSPS) is 22.1. The highest BCUT2D eigenvalue weighted by Gasteiger charge is 2.47. The summed E-state index contributed by atoms with van der Waals surface area (Å²) in [6.07, 6.45) is 3.62. The van der Waals surface area contributed by atoms with Gasteiger partial charge in [-0.3, -0.25) is 4.68 Å². The zero-order valence-corrected chi connectivity index (χ0v) is 21.3. The molecule has 0 saturated carbocycles. The number of aryl methyl sites for hydroxylation is 1. The molecule has 0 radical (unpaired) electrons. The number of rotatable bonds is 4. The van der Waals surface area contributed by atoms with E-state index >= 15 is 0 Å². The Hall–Kier alpha value is -2.47. The molecular weight excluding hydrogens is 542 g/mol. The average molecular weight is 563 g/mol. The number of nitrogens with zero attached hydrogens (tertiary/aromatic N) is 6. The molecule has 9 nitrogen and oxygen atoms in total. The molecular formula is C22H21BrClN7O2S. The molecule has 4 aromatic rings. The summed E-state index contributed by atoms with van der Waals surface area (Å²) in [5.41, 5.74) is 2.74. The fraction of sp³-hybridized carbons (Fsp3) is 0.318. The lowest BCUT2D eigenvalue weighted by Crippen LogP contribution is -2.38. The molecule has 1 fully saturated rings. The first-order valence-corrected chi connectivity index (χ1v) is 13.2. The summed E-state index contributed by atoms with van der Waals surface area (Å²) in [6.45, 7) is 1.38. The lowest BCUT2D eigenvalue weighted by atomic mass is 9.89. The average Bonchev–Trinajstić information content (AvgIpc) is 3.45. The second kappa shape index (κ2) is 8.33. The minimum Gasteiger partial charge on any atom is -0.507 e. The minimum atomic E-state index is -1.30. The Morgan fingerprint density at radius 3 is 3.00 bits per heavy atom. The molecule has 3 unspecified atom stereocenters. The molecule has 1 aromatic carbocycles. The van der Waals surface area contributed by atoms with E-state index in [0.717, 1.165) is 35.4 Å². The van der Waals surface area contributed by atoms with E-state index in [0.29, 0.717) is 33.5 Å². The second-order valence-corrected chi connectivity index (χ2v) is 11.1. The number of para-hydroxylation sites is 1. The topological polar surface area (TPSA) is 101 Å². The lowest BCUT2D eigenvalue weighted by molar-refractivity contribution is 0.194. The van der Waals surface area contributed by atoms with E-state index in [4.69, 9.17) is 16.6 Å². The highest BCUT2D eigenvalue weighted by Crippen LogP contribution is 2.47. The first-order chi connectivity index (χ1) is 16.4. The third-order valence-electron chi connectivity index (χ3n) is 6.49. The number of hydrogen-bond acceptors (Lipinski definition) is 6. The summed E-state index contributed by atoms with van der Waals surface area (Å²) in [7, 11) is 0.485. The monoisotopic (exact) mass is 561 g/mol. The van der Waals surface area contributed by atoms with Crippen LogP contribution in [0.2, 0.25) is 5.15 Å². The molecule has 2 N–H and O–H groups in total. The highest BCUT2D eigenvalue weighted by atomic mass is 79.9. The number of nitrogens with one attached hydrogen (secondary N) is 1. The Morgan fingerprint density at radius 2 is 2.18 bits per heavy atom. The Labute approximate surface area is 211 Å². The van der Waals surface area contributed by atoms with Crippen molar-refractivity contribution in [1.29, 1.82) is 0 Å². The summed E-state index contributed by atoms with van der Waals surface area (Å²) in [5.74, 6) is 1.10. The molecule has 34 heavy (non-hydrogen) atoms. The molecule has 5 heterocycles. The zero-order valence-electron chi connectivity index (χ0n) is 18.2. The Balaban J connectivity index is 1.35. The van der Waals surface area contributed by atoms with Crippen LogP contribution in [-0.2, 0) is 18.0 Å². The molecule has 3 aromatic heterocycles. The van der Waals surface area contributed by atoms with Gasteiger partial charge in [0.05, 0.1) is 22.4 Å². The number of benzene rings is 1. The number of halogens is 2. The van der Waals surface area contributed by atoms with Gasteiger partial charge in [-0.2, -0.15) is 14.7 Å². The zero-order chi connectivity index (χ0) is 23.6. The Morgan fingerprint density at radius 1 is 1.35 bits per heavy atom. The van der Waals surface area contributed by atoms with Crippen molar-refractivity contribution in [3.05, 3.63) is 51.8 Å². The van der Waals surface area contributed by atoms with Crippen LogP contribution in [0.5, 0.6) is 5.75 Å². The summed E-state index contributed by atoms with van der Waals surface area (Å²) < 4.78 is 19.2. The summed E-state index contributed by atoms with van der Waals surface area (Å²) in [5, 5.41) is 23.4. The second-order valence-electron chi connectivity index (χ2n) is 8.52. The standard InChI is InChI=1S/C22H21BrClN7O2S/c1-29-21(24)20-18(28-29)19-12(5-4-8-30(19)34(20)33)10-25-17-9-15(13-6-2-3-7-16(13)32)27-22-14(23)11-26-31(17)22/h2-3,6-7,9,11-12,19,25,32H,4-5,8,10H2,1H3. The summed E-state index contributed by atoms with van der Waals surface area (Å²) in [6, 6.07) is 8.95. The number of aromatic nitrogens is 5. The number of phenolic OH excluding ortho intramolecular Hbond substituents is 1. The Bertz CT molecular complexity index is 1450. The number of anilines is 1. The van der Waals surface area contributed by atoms with Crippen molar-refractivity contribution in [2.45, 2.75) is 23.8 Å². The maximum atomic E-state index is 13.1. The van der Waals surface area contributed by atoms with Crippen LogP contribution in [0.15, 0.2) is 45.9 Å². The third kappa shape index (κ3) is 3.36. The summed E-state index contributed by atoms with van der Waals surface area (Å²) in [4.78, 5) is 5.35. The fourth-order valence-corrected chi connectivity index (χ4v) is 7.21. The molecule has 0 bridgehead atoms. The van der Waals surface area contributed by atoms with Gasteiger partial charge in [-0.15, -0.1) is 0 Å². The fourth-order valence-electron chi connectivity index (χ4n) is 4.90. The van der Waals surface area contributed by atoms with Crippen LogP contribution in [0.1, 0.15) is 24.6 Å². The molecule has 0 amide bonds. The SMILES string of the molecule is Cn1nc2c(c1Cl)S(=O)N1CCCC(CNc3cc(-c4ccccc4O)nc4c(Br)cnn34)C21. The van der Waals surface area contributed by atoms with Crippen molar-refractivity contribution in [3.63, 3.8) is 0 Å². The van der Waals surface area contributed by atoms with E-state index in [-0.39, 0.29) is 17.7 Å². The van der Waals surface area contributed by atoms with E-state index in [1.165, 1.54) is 0 Å². The van der Waals surface area contributed by atoms with Crippen molar-refractivity contribution >= 4 is 50.0 Å². The number of fused-ring (bicyclic) bond motifs is 4. The van der Waals surface area contributed by atoms with Gasteiger partial charge in [0, 0.05) is 31.8 Å². The summed E-state index contributed by atoms with van der Waals surface area (Å²) >= 11 is 9.94. The molecule has 6 rings (SSSR count). The van der Waals surface area contributed by atoms with E-state index in [9.17, 15) is 9.32 Å². The van der Waals surface area contributed by atoms with Crippen LogP contribution in [-0.4, -0.2) is 51.1 Å². The Kier molecular flexibility index (Phi) is 5.40. The maximum Gasteiger partial charge on any atom is 0.172 e. The van der Waals surface area contributed by atoms with Gasteiger partial charge < -0.3 is 10.4 Å². The van der Waals surface area contributed by atoms with Crippen LogP contribution in [0.25, 0.3) is 16.9 Å². The lowest BCUT2D eigenvalue weighted by Gasteiger charge is -2.35. The van der Waals surface area contributed by atoms with Crippen LogP contribution in [0.3, 0.4) is 0 Å². The largest absolute Gasteiger partial charge is 0.507 e. The van der Waals surface area contributed by atoms with E-state index in [2.05, 4.69) is 31.4 Å². The predicted molar refractivity (Wildman–Crippen MR) is 133 cm³/mol. The van der Waals surface area contributed by atoms with E-state index < -0.39 is 11.0 Å². The van der Waals surface area contributed by atoms with Crippen LogP contribution in [0, 0.1) is 5.92 Å². The predicted octanol–water partition coefficient (Wildman–Crippen LogP) is 4.15.